The molecule has 0 amide bonds. The Morgan fingerprint density at radius 1 is 1.36 bits per heavy atom. The van der Waals surface area contributed by atoms with E-state index in [-0.39, 0.29) is 29.7 Å². The summed E-state index contributed by atoms with van der Waals surface area (Å²) in [6.07, 6.45) is 0. The second-order valence-corrected chi connectivity index (χ2v) is 2.17. The molecular weight excluding hydrogens is 249 g/mol. The van der Waals surface area contributed by atoms with Gasteiger partial charge in [-0.15, -0.1) is 0 Å². The van der Waals surface area contributed by atoms with Crippen molar-refractivity contribution in [2.75, 3.05) is 21.0 Å². The van der Waals surface area contributed by atoms with Crippen molar-refractivity contribution in [2.24, 2.45) is 0 Å². The van der Waals surface area contributed by atoms with Gasteiger partial charge in [0.1, 0.15) is 5.69 Å². The molecule has 1 aromatic rings. The van der Waals surface area contributed by atoms with Crippen molar-refractivity contribution in [1.29, 1.82) is 0 Å². The van der Waals surface area contributed by atoms with E-state index in [9.17, 15) is 0 Å². The van der Waals surface area contributed by atoms with E-state index >= 15 is 0 Å². The van der Waals surface area contributed by atoms with Gasteiger partial charge in [0.05, 0.1) is 33.4 Å². The van der Waals surface area contributed by atoms with Crippen molar-refractivity contribution < 1.29 is 36.3 Å². The molecule has 1 aromatic carbocycles. The zero-order valence-corrected chi connectivity index (χ0v) is 8.19. The van der Waals surface area contributed by atoms with Crippen LogP contribution >= 0.6 is 0 Å². The first kappa shape index (κ1) is 3.00. The molecule has 0 heterocycles. The number of nitrogens with zero attached hydrogens (tertiary/aromatic N) is 1. The number of halogens is 1. The lowest BCUT2D eigenvalue weighted by Crippen LogP contribution is -3.00. The Bertz CT molecular complexity index is 486. The summed E-state index contributed by atoms with van der Waals surface area (Å²) in [6, 6.07) is -2.95. The summed E-state index contributed by atoms with van der Waals surface area (Å²) in [5.41, 5.74) is -0.388. The zero-order valence-electron chi connectivity index (χ0n) is 15.0. The molecule has 0 spiro atoms. The Balaban J connectivity index is 0.00000361. The SMILES string of the molecule is [2H]C[N+](C)(c1c([2H])c([2H])c([2H])c([2H])c1[2H])C([2H])([2H])[2H].[I-]. The Morgan fingerprint density at radius 3 is 2.45 bits per heavy atom. The molecule has 1 nitrogen and oxygen atoms in total. The highest BCUT2D eigenvalue weighted by molar-refractivity contribution is 5.40. The molecule has 2 heteroatoms. The Kier molecular flexibility index (Phi) is 1.11. The third kappa shape index (κ3) is 3.20. The van der Waals surface area contributed by atoms with Crippen LogP contribution in [0.5, 0.6) is 0 Å². The minimum atomic E-state index is -2.70. The molecule has 1 atom stereocenters. The Morgan fingerprint density at radius 2 is 2.00 bits per heavy atom. The smallest absolute Gasteiger partial charge is 0.132 e. The van der Waals surface area contributed by atoms with Gasteiger partial charge in [0.25, 0.3) is 0 Å². The molecule has 62 valence electrons. The van der Waals surface area contributed by atoms with Crippen LogP contribution < -0.4 is 28.5 Å². The summed E-state index contributed by atoms with van der Waals surface area (Å²) in [5.74, 6) is 0. The molecule has 0 radical (unpaired) electrons. The summed E-state index contributed by atoms with van der Waals surface area (Å²) in [5, 5.41) is 0. The van der Waals surface area contributed by atoms with Crippen LogP contribution in [0.25, 0.3) is 0 Å². The molecular formula is C9H14IN. The Labute approximate surface area is 98.3 Å². The van der Waals surface area contributed by atoms with Gasteiger partial charge in [-0.2, -0.15) is 0 Å². The molecule has 0 saturated heterocycles. The maximum Gasteiger partial charge on any atom is 0.132 e. The quantitative estimate of drug-likeness (QED) is 0.449. The van der Waals surface area contributed by atoms with Gasteiger partial charge in [-0.05, 0) is 12.1 Å². The fourth-order valence-electron chi connectivity index (χ4n) is 0.490. The summed E-state index contributed by atoms with van der Waals surface area (Å²) >= 11 is 0. The molecule has 0 saturated carbocycles. The summed E-state index contributed by atoms with van der Waals surface area (Å²) < 4.78 is 66.8. The summed E-state index contributed by atoms with van der Waals surface area (Å²) in [7, 11) is 0.498. The van der Waals surface area contributed by atoms with Crippen molar-refractivity contribution >= 4 is 5.69 Å². The van der Waals surface area contributed by atoms with Gasteiger partial charge in [-0.3, -0.25) is 4.48 Å². The fraction of sp³-hybridized carbons (Fsp3) is 0.333. The third-order valence-corrected chi connectivity index (χ3v) is 0.980. The highest BCUT2D eigenvalue weighted by Crippen LogP contribution is 2.14. The van der Waals surface area contributed by atoms with E-state index in [1.807, 2.05) is 0 Å². The van der Waals surface area contributed by atoms with Gasteiger partial charge in [-0.25, -0.2) is 0 Å². The predicted octanol–water partition coefficient (Wildman–Crippen LogP) is -1.11. The maximum atomic E-state index is 7.75. The van der Waals surface area contributed by atoms with E-state index in [0.717, 1.165) is 7.05 Å². The van der Waals surface area contributed by atoms with Crippen LogP contribution in [0.3, 0.4) is 0 Å². The first-order valence-electron chi connectivity index (χ1n) is 7.42. The second-order valence-electron chi connectivity index (χ2n) is 2.17. The molecule has 0 aliphatic heterocycles. The lowest BCUT2D eigenvalue weighted by atomic mass is 10.3. The number of para-hydroxylation sites is 1. The zero-order chi connectivity index (χ0) is 15.2. The number of rotatable bonds is 1. The van der Waals surface area contributed by atoms with Crippen molar-refractivity contribution in [3.8, 4) is 0 Å². The van der Waals surface area contributed by atoms with Gasteiger partial charge in [0.2, 0.25) is 0 Å². The molecule has 1 rings (SSSR count). The largest absolute Gasteiger partial charge is 1.00 e. The first-order chi connectivity index (χ1) is 8.49. The first-order valence-corrected chi connectivity index (χ1v) is 2.71. The highest BCUT2D eigenvalue weighted by Gasteiger charge is 2.08. The molecule has 1 unspecified atom stereocenters. The molecule has 0 bridgehead atoms. The van der Waals surface area contributed by atoms with E-state index in [1.165, 1.54) is 0 Å². The minimum Gasteiger partial charge on any atom is -1.00 e. The summed E-state index contributed by atoms with van der Waals surface area (Å²) in [6.45, 7) is -2.70. The van der Waals surface area contributed by atoms with E-state index in [4.69, 9.17) is 12.3 Å². The van der Waals surface area contributed by atoms with Crippen LogP contribution in [0.1, 0.15) is 12.3 Å². The standard InChI is InChI=1S/C9H14N.HI/c1-10(2,3)9-7-5-4-6-8-9;/h4-8H,1-3H3;1H/q+1;/p-1/i1D,2D3,4D,5D,6D,7D,8D;. The molecule has 0 aliphatic rings. The number of benzene rings is 1. The van der Waals surface area contributed by atoms with Crippen molar-refractivity contribution in [3.05, 3.63) is 30.2 Å². The van der Waals surface area contributed by atoms with Crippen LogP contribution in [0, 0.1) is 0 Å². The molecule has 0 aromatic heterocycles. The van der Waals surface area contributed by atoms with Crippen LogP contribution in [0.15, 0.2) is 30.2 Å². The van der Waals surface area contributed by atoms with E-state index < -0.39 is 48.7 Å². The van der Waals surface area contributed by atoms with Gasteiger partial charge in [0.15, 0.2) is 0 Å². The average Bonchev–Trinajstić information content (AvgIpc) is 2.32. The fourth-order valence-corrected chi connectivity index (χ4v) is 0.490. The predicted molar refractivity (Wildman–Crippen MR) is 46.0 cm³/mol. The monoisotopic (exact) mass is 272 g/mol. The lowest BCUT2D eigenvalue weighted by Gasteiger charge is -2.22. The van der Waals surface area contributed by atoms with E-state index in [2.05, 4.69) is 0 Å². The number of hydrogen-bond acceptors (Lipinski definition) is 0. The number of quaternary nitrogens is 1. The maximum absolute atomic E-state index is 7.75. The van der Waals surface area contributed by atoms with Crippen LogP contribution in [0.4, 0.5) is 5.69 Å². The third-order valence-electron chi connectivity index (χ3n) is 0.980. The van der Waals surface area contributed by atoms with Gasteiger partial charge < -0.3 is 24.0 Å². The van der Waals surface area contributed by atoms with E-state index in [1.54, 1.807) is 0 Å². The average molecular weight is 272 g/mol. The van der Waals surface area contributed by atoms with Crippen molar-refractivity contribution in [1.82, 2.24) is 4.48 Å². The summed E-state index contributed by atoms with van der Waals surface area (Å²) in [4.78, 5) is 0. The van der Waals surface area contributed by atoms with Crippen LogP contribution in [-0.4, -0.2) is 21.0 Å². The topological polar surface area (TPSA) is 0 Å². The normalized spacial score (nSPS) is 27.5. The lowest BCUT2D eigenvalue weighted by molar-refractivity contribution is -0.00000235. The van der Waals surface area contributed by atoms with Crippen LogP contribution in [0.2, 0.25) is 0 Å². The Hall–Kier alpha value is -0.0900. The van der Waals surface area contributed by atoms with Crippen molar-refractivity contribution in [3.63, 3.8) is 0 Å². The second kappa shape index (κ2) is 4.07. The number of hydrogen-bond donors (Lipinski definition) is 0. The molecule has 0 aliphatic carbocycles. The highest BCUT2D eigenvalue weighted by atomic mass is 127. The minimum absolute atomic E-state index is 0. The van der Waals surface area contributed by atoms with E-state index in [0.29, 0.717) is 0 Å². The molecule has 0 fully saturated rings. The van der Waals surface area contributed by atoms with Crippen LogP contribution in [-0.2, 0) is 0 Å². The van der Waals surface area contributed by atoms with Gasteiger partial charge >= 0.3 is 0 Å². The van der Waals surface area contributed by atoms with Crippen molar-refractivity contribution in [2.45, 2.75) is 0 Å². The molecule has 0 N–H and O–H groups in total. The van der Waals surface area contributed by atoms with Gasteiger partial charge in [0, 0.05) is 0 Å². The molecule has 11 heavy (non-hydrogen) atoms. The van der Waals surface area contributed by atoms with Gasteiger partial charge in [-0.1, -0.05) is 18.1 Å².